The quantitative estimate of drug-likeness (QED) is 0.0687. The summed E-state index contributed by atoms with van der Waals surface area (Å²) in [6.07, 6.45) is 3.00. The van der Waals surface area contributed by atoms with Crippen LogP contribution >= 0.6 is 7.82 Å². The zero-order chi connectivity index (χ0) is 20.5. The Labute approximate surface area is 143 Å². The predicted molar refractivity (Wildman–Crippen MR) is 70.3 cm³/mol. The standard InChI is InChI=1S/C2H2O4.4CHNO.Li.H3O4P.H/c3-1(4)2(5)6;4*2-1-3;;1-5(2,3)4;/h(H,3,4)(H,5,6);4*2H;;(H3,1,2,3,4);. The number of carbonyl (C=O) groups is 2. The van der Waals surface area contributed by atoms with Gasteiger partial charge in [0.2, 0.25) is 24.3 Å². The molecular weight excluding hydrogens is 358 g/mol. The Morgan fingerprint density at radius 2 is 0.708 bits per heavy atom. The number of phosphoric acid groups is 1. The number of isocyanates is 4. The van der Waals surface area contributed by atoms with Crippen LogP contribution in [0.1, 0.15) is 0 Å². The summed E-state index contributed by atoms with van der Waals surface area (Å²) in [7, 11) is -4.64. The summed E-state index contributed by atoms with van der Waals surface area (Å²) in [6, 6.07) is 0. The molecule has 0 aliphatic carbocycles. The van der Waals surface area contributed by atoms with E-state index in [2.05, 4.69) is 0 Å². The minimum atomic E-state index is -4.64. The van der Waals surface area contributed by atoms with Gasteiger partial charge in [0, 0.05) is 0 Å². The van der Waals surface area contributed by atoms with Crippen molar-refractivity contribution in [3.63, 3.8) is 0 Å². The van der Waals surface area contributed by atoms with E-state index in [-0.39, 0.29) is 18.9 Å². The van der Waals surface area contributed by atoms with Crippen LogP contribution in [0.4, 0.5) is 0 Å². The van der Waals surface area contributed by atoms with E-state index in [9.17, 15) is 0 Å². The summed E-state index contributed by atoms with van der Waals surface area (Å²) in [4.78, 5) is 73.2. The molecule has 0 amide bonds. The van der Waals surface area contributed by atoms with Gasteiger partial charge in [0.05, 0.1) is 0 Å². The van der Waals surface area contributed by atoms with Crippen LogP contribution in [0.3, 0.4) is 0 Å². The van der Waals surface area contributed by atoms with Crippen molar-refractivity contribution < 1.29 is 58.2 Å². The van der Waals surface area contributed by atoms with Crippen molar-refractivity contribution in [2.75, 3.05) is 0 Å². The predicted octanol–water partition coefficient (Wildman–Crippen LogP) is -2.82. The van der Waals surface area contributed by atoms with Crippen LogP contribution in [0.2, 0.25) is 0 Å². The zero-order valence-corrected chi connectivity index (χ0v) is 11.4. The van der Waals surface area contributed by atoms with Gasteiger partial charge >= 0.3 is 38.6 Å². The Bertz CT molecular complexity index is 423. The topological polar surface area (TPSA) is 316 Å². The van der Waals surface area contributed by atoms with E-state index in [0.29, 0.717) is 0 Å². The molecule has 0 rings (SSSR count). The molecule has 16 nitrogen and oxygen atoms in total. The number of hydrogen-bond donors (Lipinski definition) is 9. The first-order chi connectivity index (χ1) is 10.3. The second kappa shape index (κ2) is 42.7. The number of hydrogen-bond acceptors (Lipinski definition) is 11. The van der Waals surface area contributed by atoms with E-state index < -0.39 is 19.8 Å². The van der Waals surface area contributed by atoms with Crippen LogP contribution < -0.4 is 0 Å². The Morgan fingerprint density at radius 3 is 0.708 bits per heavy atom. The van der Waals surface area contributed by atoms with Crippen LogP contribution in [0.15, 0.2) is 0 Å². The second-order valence-electron chi connectivity index (χ2n) is 1.53. The molecule has 0 saturated heterocycles. The van der Waals surface area contributed by atoms with Crippen molar-refractivity contribution in [1.29, 1.82) is 21.6 Å². The average molecular weight is 368 g/mol. The summed E-state index contributed by atoms with van der Waals surface area (Å²) in [5.41, 5.74) is 0. The molecule has 132 valence electrons. The maximum absolute atomic E-state index is 9.10. The van der Waals surface area contributed by atoms with Gasteiger partial charge in [0.15, 0.2) is 0 Å². The molecule has 0 heterocycles. The van der Waals surface area contributed by atoms with Gasteiger partial charge in [0.1, 0.15) is 0 Å². The number of carboxylic acids is 2. The van der Waals surface area contributed by atoms with Crippen molar-refractivity contribution in [2.45, 2.75) is 0 Å². The molecule has 0 atom stereocenters. The molecule has 24 heavy (non-hydrogen) atoms. The van der Waals surface area contributed by atoms with E-state index >= 15 is 0 Å². The molecule has 0 aliphatic rings. The van der Waals surface area contributed by atoms with Crippen LogP contribution in [0.25, 0.3) is 0 Å². The third-order valence-corrected chi connectivity index (χ3v) is 0.183. The molecule has 0 aromatic rings. The van der Waals surface area contributed by atoms with Crippen molar-refractivity contribution >= 4 is 62.9 Å². The molecule has 0 unspecified atom stereocenters. The monoisotopic (exact) mass is 368 g/mol. The first-order valence-corrected chi connectivity index (χ1v) is 5.27. The third kappa shape index (κ3) is 4640. The number of carbonyl (C=O) groups excluding carboxylic acids is 4. The average Bonchev–Trinajstić information content (AvgIpc) is 2.30. The number of nitrogens with one attached hydrogen (secondary N) is 4. The number of carboxylic acid groups (broad SMARTS) is 2. The number of aliphatic carboxylic acids is 2. The molecular formula is C6H10LiN4O12P. The summed E-state index contributed by atoms with van der Waals surface area (Å²) in [6.45, 7) is 0. The summed E-state index contributed by atoms with van der Waals surface area (Å²) < 4.78 is 8.88. The first kappa shape index (κ1) is 42.9. The van der Waals surface area contributed by atoms with Crippen LogP contribution in [0, 0.1) is 21.6 Å². The molecule has 9 N–H and O–H groups in total. The van der Waals surface area contributed by atoms with Gasteiger partial charge in [-0.1, -0.05) is 0 Å². The molecule has 0 aromatic heterocycles. The Balaban J connectivity index is -0.0000000296. The van der Waals surface area contributed by atoms with E-state index in [1.807, 2.05) is 0 Å². The summed E-state index contributed by atoms with van der Waals surface area (Å²) >= 11 is 0. The molecule has 18 heteroatoms. The maximum atomic E-state index is 9.10. The molecule has 0 aromatic carbocycles. The van der Waals surface area contributed by atoms with Gasteiger partial charge in [-0.3, -0.25) is 0 Å². The molecule has 0 aliphatic heterocycles. The Kier molecular flexibility index (Phi) is 76.4. The summed E-state index contributed by atoms with van der Waals surface area (Å²) in [5, 5.41) is 36.4. The van der Waals surface area contributed by atoms with Gasteiger partial charge in [0.25, 0.3) is 0 Å². The van der Waals surface area contributed by atoms with Crippen molar-refractivity contribution in [1.82, 2.24) is 0 Å². The third-order valence-electron chi connectivity index (χ3n) is 0.183. The zero-order valence-electron chi connectivity index (χ0n) is 10.5. The van der Waals surface area contributed by atoms with Crippen molar-refractivity contribution in [3.8, 4) is 0 Å². The molecule has 0 saturated carbocycles. The van der Waals surface area contributed by atoms with E-state index in [1.165, 1.54) is 0 Å². The molecule has 0 spiro atoms. The first-order valence-electron chi connectivity index (χ1n) is 3.70. The van der Waals surface area contributed by atoms with Crippen LogP contribution in [0.5, 0.6) is 0 Å². The molecule has 0 bridgehead atoms. The van der Waals surface area contributed by atoms with E-state index in [0.717, 1.165) is 24.3 Å². The van der Waals surface area contributed by atoms with E-state index in [1.54, 1.807) is 0 Å². The Morgan fingerprint density at radius 1 is 0.667 bits per heavy atom. The fourth-order valence-corrected chi connectivity index (χ4v) is 0. The fourth-order valence-electron chi connectivity index (χ4n) is 0. The molecule has 0 radical (unpaired) electrons. The minimum absolute atomic E-state index is 0. The van der Waals surface area contributed by atoms with E-state index in [4.69, 9.17) is 79.9 Å². The van der Waals surface area contributed by atoms with Gasteiger partial charge in [-0.2, -0.15) is 0 Å². The van der Waals surface area contributed by atoms with Crippen LogP contribution in [-0.2, 0) is 33.3 Å². The van der Waals surface area contributed by atoms with Crippen molar-refractivity contribution in [3.05, 3.63) is 0 Å². The van der Waals surface area contributed by atoms with Crippen molar-refractivity contribution in [2.24, 2.45) is 0 Å². The van der Waals surface area contributed by atoms with Gasteiger partial charge in [-0.25, -0.2) is 55.0 Å². The van der Waals surface area contributed by atoms with Crippen LogP contribution in [-0.4, -0.2) is 80.0 Å². The normalized spacial score (nSPS) is 5.62. The fraction of sp³-hybridized carbons (Fsp3) is 0. The Hall–Kier alpha value is -2.83. The summed E-state index contributed by atoms with van der Waals surface area (Å²) in [5.74, 6) is -3.65. The second-order valence-corrected chi connectivity index (χ2v) is 2.56. The van der Waals surface area contributed by atoms with Gasteiger partial charge in [-0.05, 0) is 0 Å². The SMILES string of the molecule is N=C=O.N=C=O.N=C=O.N=C=O.O=C(O)C(=O)O.O=P(O)(O)O.[LiH]. The molecule has 0 fully saturated rings. The van der Waals surface area contributed by atoms with Gasteiger partial charge in [-0.15, -0.1) is 0 Å². The number of rotatable bonds is 0. The van der Waals surface area contributed by atoms with Gasteiger partial charge < -0.3 is 24.9 Å².